The van der Waals surface area contributed by atoms with Crippen LogP contribution in [0.1, 0.15) is 39.3 Å². The molecule has 0 aliphatic heterocycles. The predicted octanol–water partition coefficient (Wildman–Crippen LogP) is -2.28. The topological polar surface area (TPSA) is 237 Å². The lowest BCUT2D eigenvalue weighted by Crippen LogP contribution is -2.61. The minimum Gasteiger partial charge on any atom is -0.481 e. The monoisotopic (exact) mass is 484 g/mol. The standard InChI is InChI=1S/C20H32N6O8/c1-4-9(2)15(18(31)24-13(20(33)34)5-11-7-22-8-23-11)25-19(32)16(10(3)27)26-17(30)12(21)6-14(28)29/h7-10,12-13,15-16,27H,4-6,21H2,1-3H3,(H,22,23)(H,24,31)(H,25,32)(H,26,30)(H,28,29)(H,33,34). The van der Waals surface area contributed by atoms with Crippen LogP contribution >= 0.6 is 0 Å². The van der Waals surface area contributed by atoms with Crippen molar-refractivity contribution < 1.29 is 39.3 Å². The smallest absolute Gasteiger partial charge is 0.326 e. The van der Waals surface area contributed by atoms with Crippen molar-refractivity contribution in [3.63, 3.8) is 0 Å². The summed E-state index contributed by atoms with van der Waals surface area (Å²) in [6.07, 6.45) is 1.05. The van der Waals surface area contributed by atoms with Gasteiger partial charge in [-0.1, -0.05) is 20.3 Å². The van der Waals surface area contributed by atoms with E-state index in [0.717, 1.165) is 0 Å². The Kier molecular flexibility index (Phi) is 11.1. The van der Waals surface area contributed by atoms with Gasteiger partial charge in [0.1, 0.15) is 18.1 Å². The highest BCUT2D eigenvalue weighted by molar-refractivity contribution is 5.95. The Morgan fingerprint density at radius 3 is 2.09 bits per heavy atom. The number of imidazole rings is 1. The predicted molar refractivity (Wildman–Crippen MR) is 117 cm³/mol. The lowest BCUT2D eigenvalue weighted by Gasteiger charge is -2.28. The highest BCUT2D eigenvalue weighted by atomic mass is 16.4. The number of carboxylic acids is 2. The van der Waals surface area contributed by atoms with Crippen molar-refractivity contribution in [2.45, 2.75) is 70.3 Å². The van der Waals surface area contributed by atoms with Gasteiger partial charge in [0, 0.05) is 18.3 Å². The second-order valence-electron chi connectivity index (χ2n) is 7.98. The average molecular weight is 485 g/mol. The number of aromatic nitrogens is 2. The molecule has 1 aromatic rings. The number of nitrogens with two attached hydrogens (primary N) is 1. The highest BCUT2D eigenvalue weighted by Gasteiger charge is 2.34. The third-order valence-corrected chi connectivity index (χ3v) is 5.18. The van der Waals surface area contributed by atoms with Gasteiger partial charge in [-0.25, -0.2) is 9.78 Å². The van der Waals surface area contributed by atoms with E-state index in [1.54, 1.807) is 13.8 Å². The number of nitrogens with zero attached hydrogens (tertiary/aromatic N) is 1. The molecule has 6 unspecified atom stereocenters. The Morgan fingerprint density at radius 1 is 1.03 bits per heavy atom. The zero-order chi connectivity index (χ0) is 26.0. The van der Waals surface area contributed by atoms with E-state index in [9.17, 15) is 34.2 Å². The first-order chi connectivity index (χ1) is 15.9. The molecule has 0 fully saturated rings. The van der Waals surface area contributed by atoms with Gasteiger partial charge in [-0.05, 0) is 12.8 Å². The number of aromatic amines is 1. The molecule has 1 rings (SSSR count). The maximum absolute atomic E-state index is 12.9. The van der Waals surface area contributed by atoms with E-state index in [0.29, 0.717) is 12.1 Å². The van der Waals surface area contributed by atoms with Crippen LogP contribution < -0.4 is 21.7 Å². The molecule has 6 atom stereocenters. The van der Waals surface area contributed by atoms with Crippen LogP contribution in [0.15, 0.2) is 12.5 Å². The summed E-state index contributed by atoms with van der Waals surface area (Å²) in [5.74, 6) is -5.72. The molecule has 0 aliphatic rings. The van der Waals surface area contributed by atoms with E-state index >= 15 is 0 Å². The fraction of sp³-hybridized carbons (Fsp3) is 0.600. The number of rotatable bonds is 14. The summed E-state index contributed by atoms with van der Waals surface area (Å²) in [5, 5.41) is 35.2. The first-order valence-electron chi connectivity index (χ1n) is 10.6. The molecular formula is C20H32N6O8. The summed E-state index contributed by atoms with van der Waals surface area (Å²) in [4.78, 5) is 66.8. The number of H-pyrrole nitrogens is 1. The van der Waals surface area contributed by atoms with E-state index in [4.69, 9.17) is 10.8 Å². The lowest BCUT2D eigenvalue weighted by molar-refractivity contribution is -0.142. The quantitative estimate of drug-likeness (QED) is 0.141. The number of nitrogens with one attached hydrogen (secondary N) is 4. The zero-order valence-corrected chi connectivity index (χ0v) is 19.1. The molecule has 3 amide bonds. The fourth-order valence-corrected chi connectivity index (χ4v) is 2.97. The summed E-state index contributed by atoms with van der Waals surface area (Å²) in [7, 11) is 0. The van der Waals surface area contributed by atoms with Gasteiger partial charge in [0.25, 0.3) is 0 Å². The fourth-order valence-electron chi connectivity index (χ4n) is 2.97. The van der Waals surface area contributed by atoms with Gasteiger partial charge in [0.15, 0.2) is 0 Å². The number of hydrogen-bond acceptors (Lipinski definition) is 8. The first-order valence-corrected chi connectivity index (χ1v) is 10.6. The second-order valence-corrected chi connectivity index (χ2v) is 7.98. The van der Waals surface area contributed by atoms with Crippen molar-refractivity contribution in [1.82, 2.24) is 25.9 Å². The van der Waals surface area contributed by atoms with Crippen molar-refractivity contribution in [2.24, 2.45) is 11.7 Å². The molecule has 0 radical (unpaired) electrons. The molecule has 0 bridgehead atoms. The summed E-state index contributed by atoms with van der Waals surface area (Å²) in [5.41, 5.74) is 5.97. The number of aliphatic hydroxyl groups excluding tert-OH is 1. The molecule has 0 aliphatic carbocycles. The SMILES string of the molecule is CCC(C)C(NC(=O)C(NC(=O)C(N)CC(=O)O)C(C)O)C(=O)NC(Cc1cnc[nH]1)C(=O)O. The van der Waals surface area contributed by atoms with Crippen LogP contribution in [0, 0.1) is 5.92 Å². The average Bonchev–Trinajstić information content (AvgIpc) is 3.26. The molecule has 0 aromatic carbocycles. The third kappa shape index (κ3) is 8.78. The molecule has 1 heterocycles. The van der Waals surface area contributed by atoms with E-state index in [1.807, 2.05) is 0 Å². The minimum atomic E-state index is -1.54. The van der Waals surface area contributed by atoms with Gasteiger partial charge in [0.05, 0.1) is 24.9 Å². The van der Waals surface area contributed by atoms with E-state index in [-0.39, 0.29) is 6.42 Å². The molecule has 9 N–H and O–H groups in total. The summed E-state index contributed by atoms with van der Waals surface area (Å²) >= 11 is 0. The van der Waals surface area contributed by atoms with Gasteiger partial charge in [-0.15, -0.1) is 0 Å². The number of carbonyl (C=O) groups is 5. The number of amides is 3. The normalized spacial score (nSPS) is 16.3. The molecule has 0 spiro atoms. The van der Waals surface area contributed by atoms with Crippen LogP contribution in [-0.2, 0) is 30.4 Å². The molecule has 34 heavy (non-hydrogen) atoms. The molecule has 190 valence electrons. The molecular weight excluding hydrogens is 452 g/mol. The van der Waals surface area contributed by atoms with Crippen LogP contribution in [0.25, 0.3) is 0 Å². The zero-order valence-electron chi connectivity index (χ0n) is 19.1. The molecule has 14 heteroatoms. The third-order valence-electron chi connectivity index (χ3n) is 5.18. The van der Waals surface area contributed by atoms with Gasteiger partial charge in [-0.2, -0.15) is 0 Å². The first kappa shape index (κ1) is 28.5. The summed E-state index contributed by atoms with van der Waals surface area (Å²) < 4.78 is 0. The Labute approximate surface area is 195 Å². The number of hydrogen-bond donors (Lipinski definition) is 8. The highest BCUT2D eigenvalue weighted by Crippen LogP contribution is 2.10. The number of carboxylic acid groups (broad SMARTS) is 2. The largest absolute Gasteiger partial charge is 0.481 e. The Balaban J connectivity index is 2.97. The van der Waals surface area contributed by atoms with Gasteiger partial charge >= 0.3 is 11.9 Å². The van der Waals surface area contributed by atoms with Crippen LogP contribution in [0.5, 0.6) is 0 Å². The van der Waals surface area contributed by atoms with Crippen molar-refractivity contribution in [2.75, 3.05) is 0 Å². The van der Waals surface area contributed by atoms with E-state index < -0.39 is 72.3 Å². The summed E-state index contributed by atoms with van der Waals surface area (Å²) in [6, 6.07) is -5.49. The Hall–Kier alpha value is -3.52. The minimum absolute atomic E-state index is 0.0733. The van der Waals surface area contributed by atoms with Crippen LogP contribution in [0.4, 0.5) is 0 Å². The van der Waals surface area contributed by atoms with Crippen LogP contribution in [-0.4, -0.2) is 85.2 Å². The van der Waals surface area contributed by atoms with Gasteiger partial charge < -0.3 is 42.0 Å². The lowest BCUT2D eigenvalue weighted by atomic mass is 9.97. The van der Waals surface area contributed by atoms with Crippen molar-refractivity contribution in [1.29, 1.82) is 0 Å². The van der Waals surface area contributed by atoms with Crippen LogP contribution in [0.3, 0.4) is 0 Å². The maximum atomic E-state index is 12.9. The van der Waals surface area contributed by atoms with Crippen LogP contribution in [0.2, 0.25) is 0 Å². The number of aliphatic carboxylic acids is 2. The Morgan fingerprint density at radius 2 is 1.62 bits per heavy atom. The van der Waals surface area contributed by atoms with Gasteiger partial charge in [0.2, 0.25) is 17.7 Å². The molecule has 1 aromatic heterocycles. The molecule has 14 nitrogen and oxygen atoms in total. The van der Waals surface area contributed by atoms with E-state index in [2.05, 4.69) is 25.9 Å². The van der Waals surface area contributed by atoms with E-state index in [1.165, 1.54) is 19.4 Å². The van der Waals surface area contributed by atoms with Crippen molar-refractivity contribution in [3.8, 4) is 0 Å². The molecule has 0 saturated carbocycles. The second kappa shape index (κ2) is 13.3. The number of aliphatic hydroxyl groups is 1. The molecule has 0 saturated heterocycles. The number of carbonyl (C=O) groups excluding carboxylic acids is 3. The maximum Gasteiger partial charge on any atom is 0.326 e. The summed E-state index contributed by atoms with van der Waals surface area (Å²) in [6.45, 7) is 4.64. The Bertz CT molecular complexity index is 859. The van der Waals surface area contributed by atoms with Crippen molar-refractivity contribution in [3.05, 3.63) is 18.2 Å². The van der Waals surface area contributed by atoms with Crippen molar-refractivity contribution >= 4 is 29.7 Å². The van der Waals surface area contributed by atoms with Gasteiger partial charge in [-0.3, -0.25) is 19.2 Å².